The highest BCUT2D eigenvalue weighted by Crippen LogP contribution is 2.28. The van der Waals surface area contributed by atoms with Crippen molar-refractivity contribution in [2.75, 3.05) is 0 Å². The molecule has 22 heavy (non-hydrogen) atoms. The Labute approximate surface area is 135 Å². The van der Waals surface area contributed by atoms with E-state index in [1.54, 1.807) is 6.20 Å². The molecule has 4 heteroatoms. The molecule has 0 aliphatic rings. The first kappa shape index (κ1) is 15.7. The van der Waals surface area contributed by atoms with Crippen molar-refractivity contribution in [3.63, 3.8) is 0 Å². The van der Waals surface area contributed by atoms with Crippen LogP contribution in [0.15, 0.2) is 79.0 Å². The van der Waals surface area contributed by atoms with Crippen molar-refractivity contribution in [1.82, 2.24) is 0 Å². The number of carbonyl (C=O) groups excluding carboxylic acids is 1. The van der Waals surface area contributed by atoms with Crippen LogP contribution < -0.4 is 22.7 Å². The molecule has 3 nitrogen and oxygen atoms in total. The Bertz CT molecular complexity index is 774. The molecule has 2 aromatic carbocycles. The fourth-order valence-electron chi connectivity index (χ4n) is 2.43. The highest BCUT2D eigenvalue weighted by Gasteiger charge is 2.19. The first-order valence-electron chi connectivity index (χ1n) is 6.72. The average molecular weight is 311 g/mol. The quantitative estimate of drug-likeness (QED) is 0.677. The Morgan fingerprint density at radius 1 is 0.773 bits per heavy atom. The van der Waals surface area contributed by atoms with E-state index in [2.05, 4.69) is 0 Å². The summed E-state index contributed by atoms with van der Waals surface area (Å²) in [5.74, 6) is 0. The van der Waals surface area contributed by atoms with E-state index >= 15 is 0 Å². The number of amides is 1. The van der Waals surface area contributed by atoms with Crippen molar-refractivity contribution in [2.45, 2.75) is 0 Å². The molecule has 110 valence electrons. The third-order valence-electron chi connectivity index (χ3n) is 3.36. The number of rotatable bonds is 2. The Balaban J connectivity index is 0.00000176. The van der Waals surface area contributed by atoms with Crippen molar-refractivity contribution in [3.8, 4) is 22.4 Å². The molecule has 0 bridgehead atoms. The van der Waals surface area contributed by atoms with E-state index in [1.807, 2.05) is 72.8 Å². The molecule has 0 radical (unpaired) electrons. The van der Waals surface area contributed by atoms with Gasteiger partial charge in [-0.05, 0) is 17.7 Å². The molecule has 3 rings (SSSR count). The van der Waals surface area contributed by atoms with Crippen LogP contribution in [0.4, 0.5) is 4.79 Å². The van der Waals surface area contributed by atoms with Crippen LogP contribution in [0, 0.1) is 0 Å². The number of primary amides is 1. The van der Waals surface area contributed by atoms with Crippen LogP contribution in [0.5, 0.6) is 0 Å². The van der Waals surface area contributed by atoms with Gasteiger partial charge < -0.3 is 12.4 Å². The third kappa shape index (κ3) is 3.00. The molecular formula is C18H15ClN2O. The second-order valence-corrected chi connectivity index (χ2v) is 4.71. The molecule has 0 spiro atoms. The minimum Gasteiger partial charge on any atom is -1.00 e. The monoisotopic (exact) mass is 310 g/mol. The standard InChI is InChI=1S/C18H14N2O.ClH/c19-18(21)20-13-7-12-16(14-8-3-1-4-9-14)17(20)15-10-5-2-6-11-15;/h1-13H,(H-,19,21);1H. The number of benzene rings is 2. The SMILES string of the molecule is NC(=O)[n+]1cccc(-c2ccccc2)c1-c1ccccc1.[Cl-]. The van der Waals surface area contributed by atoms with Gasteiger partial charge in [0.25, 0.3) is 0 Å². The van der Waals surface area contributed by atoms with Gasteiger partial charge in [0.1, 0.15) is 6.20 Å². The van der Waals surface area contributed by atoms with Crippen molar-refractivity contribution in [3.05, 3.63) is 79.0 Å². The van der Waals surface area contributed by atoms with Crippen molar-refractivity contribution < 1.29 is 21.8 Å². The number of nitrogens with zero attached hydrogens (tertiary/aromatic N) is 1. The largest absolute Gasteiger partial charge is 1.00 e. The zero-order valence-electron chi connectivity index (χ0n) is 11.8. The molecule has 0 saturated carbocycles. The lowest BCUT2D eigenvalue weighted by atomic mass is 9.99. The van der Waals surface area contributed by atoms with E-state index in [0.717, 1.165) is 22.4 Å². The zero-order chi connectivity index (χ0) is 14.7. The van der Waals surface area contributed by atoms with E-state index in [-0.39, 0.29) is 12.4 Å². The fraction of sp³-hybridized carbons (Fsp3) is 0. The molecule has 3 aromatic rings. The first-order chi connectivity index (χ1) is 10.3. The number of hydrogen-bond donors (Lipinski definition) is 1. The summed E-state index contributed by atoms with van der Waals surface area (Å²) < 4.78 is 1.48. The first-order valence-corrected chi connectivity index (χ1v) is 6.72. The summed E-state index contributed by atoms with van der Waals surface area (Å²) in [6, 6.07) is 23.1. The molecule has 0 unspecified atom stereocenters. The summed E-state index contributed by atoms with van der Waals surface area (Å²) in [6.07, 6.45) is 1.69. The third-order valence-corrected chi connectivity index (χ3v) is 3.36. The lowest BCUT2D eigenvalue weighted by Gasteiger charge is -2.10. The predicted octanol–water partition coefficient (Wildman–Crippen LogP) is 0.239. The number of hydrogen-bond acceptors (Lipinski definition) is 1. The highest BCUT2D eigenvalue weighted by molar-refractivity contribution is 5.80. The second kappa shape index (κ2) is 6.87. The Morgan fingerprint density at radius 3 is 1.86 bits per heavy atom. The van der Waals surface area contributed by atoms with Crippen LogP contribution in [0.25, 0.3) is 22.4 Å². The van der Waals surface area contributed by atoms with Crippen LogP contribution in [0.2, 0.25) is 0 Å². The zero-order valence-corrected chi connectivity index (χ0v) is 12.6. The van der Waals surface area contributed by atoms with Gasteiger partial charge in [-0.15, -0.1) is 0 Å². The number of pyridine rings is 1. The minimum absolute atomic E-state index is 0. The predicted molar refractivity (Wildman–Crippen MR) is 82.5 cm³/mol. The fourth-order valence-corrected chi connectivity index (χ4v) is 2.43. The van der Waals surface area contributed by atoms with Crippen LogP contribution in [0.1, 0.15) is 0 Å². The minimum atomic E-state index is -0.494. The van der Waals surface area contributed by atoms with Gasteiger partial charge in [0, 0.05) is 11.1 Å². The molecular weight excluding hydrogens is 296 g/mol. The number of halogens is 1. The van der Waals surface area contributed by atoms with Gasteiger partial charge in [-0.3, -0.25) is 5.73 Å². The van der Waals surface area contributed by atoms with E-state index in [9.17, 15) is 4.79 Å². The lowest BCUT2D eigenvalue weighted by molar-refractivity contribution is -0.557. The van der Waals surface area contributed by atoms with Gasteiger partial charge in [0.2, 0.25) is 0 Å². The second-order valence-electron chi connectivity index (χ2n) is 4.71. The Kier molecular flexibility index (Phi) is 4.92. The van der Waals surface area contributed by atoms with Crippen LogP contribution in [-0.4, -0.2) is 6.03 Å². The smallest absolute Gasteiger partial charge is 0.494 e. The number of nitrogens with two attached hydrogens (primary N) is 1. The van der Waals surface area contributed by atoms with Gasteiger partial charge in [-0.1, -0.05) is 60.7 Å². The topological polar surface area (TPSA) is 47.0 Å². The van der Waals surface area contributed by atoms with Crippen LogP contribution in [-0.2, 0) is 0 Å². The maximum absolute atomic E-state index is 11.8. The normalized spacial score (nSPS) is 9.82. The molecule has 1 amide bonds. The van der Waals surface area contributed by atoms with Gasteiger partial charge in [0.05, 0.1) is 0 Å². The lowest BCUT2D eigenvalue weighted by Crippen LogP contribution is -3.00. The highest BCUT2D eigenvalue weighted by atomic mass is 35.5. The summed E-state index contributed by atoms with van der Waals surface area (Å²) in [6.45, 7) is 0. The molecule has 0 aliphatic heterocycles. The Hall–Kier alpha value is -2.65. The maximum Gasteiger partial charge on any atom is 0.494 e. The Morgan fingerprint density at radius 2 is 1.32 bits per heavy atom. The summed E-state index contributed by atoms with van der Waals surface area (Å²) >= 11 is 0. The molecule has 0 saturated heterocycles. The van der Waals surface area contributed by atoms with E-state index in [4.69, 9.17) is 5.73 Å². The molecule has 0 aliphatic carbocycles. The maximum atomic E-state index is 11.8. The van der Waals surface area contributed by atoms with E-state index < -0.39 is 6.03 Å². The van der Waals surface area contributed by atoms with Gasteiger partial charge >= 0.3 is 6.03 Å². The molecule has 1 heterocycles. The summed E-state index contributed by atoms with van der Waals surface area (Å²) in [4.78, 5) is 11.8. The molecule has 2 N–H and O–H groups in total. The van der Waals surface area contributed by atoms with Crippen LogP contribution >= 0.6 is 0 Å². The van der Waals surface area contributed by atoms with E-state index in [0.29, 0.717) is 0 Å². The van der Waals surface area contributed by atoms with Gasteiger partial charge in [-0.2, -0.15) is 9.36 Å². The number of aromatic nitrogens is 1. The summed E-state index contributed by atoms with van der Waals surface area (Å²) in [5, 5.41) is 0. The van der Waals surface area contributed by atoms with Crippen LogP contribution in [0.3, 0.4) is 0 Å². The summed E-state index contributed by atoms with van der Waals surface area (Å²) in [5.41, 5.74) is 9.30. The van der Waals surface area contributed by atoms with Crippen molar-refractivity contribution in [1.29, 1.82) is 0 Å². The van der Waals surface area contributed by atoms with Crippen molar-refractivity contribution in [2.24, 2.45) is 5.73 Å². The summed E-state index contributed by atoms with van der Waals surface area (Å²) in [7, 11) is 0. The molecule has 0 atom stereocenters. The average Bonchev–Trinajstić information content (AvgIpc) is 2.55. The van der Waals surface area contributed by atoms with Gasteiger partial charge in [0.15, 0.2) is 5.69 Å². The van der Waals surface area contributed by atoms with Crippen molar-refractivity contribution >= 4 is 6.03 Å². The number of carbonyl (C=O) groups is 1. The van der Waals surface area contributed by atoms with E-state index in [1.165, 1.54) is 4.57 Å². The molecule has 0 fully saturated rings. The van der Waals surface area contributed by atoms with Gasteiger partial charge in [-0.25, -0.2) is 0 Å². The molecule has 1 aromatic heterocycles.